The van der Waals surface area contributed by atoms with E-state index in [1.54, 1.807) is 23.8 Å². The molecule has 5 heteroatoms. The molecule has 0 atom stereocenters. The van der Waals surface area contributed by atoms with Crippen LogP contribution in [0.25, 0.3) is 10.6 Å². The van der Waals surface area contributed by atoms with E-state index in [4.69, 9.17) is 0 Å². The smallest absolute Gasteiger partial charge is 0.253 e. The minimum atomic E-state index is -0.125. The molecular weight excluding hydrogens is 294 g/mol. The molecule has 2 aromatic heterocycles. The number of carbonyl (C=O) groups excluding carboxylic acids is 1. The molecule has 1 N–H and O–H groups in total. The number of thiazole rings is 1. The van der Waals surface area contributed by atoms with Crippen LogP contribution in [0.4, 0.5) is 0 Å². The zero-order valence-electron chi connectivity index (χ0n) is 12.1. The fourth-order valence-electron chi connectivity index (χ4n) is 2.17. The fourth-order valence-corrected chi connectivity index (χ4v) is 2.99. The van der Waals surface area contributed by atoms with Gasteiger partial charge in [-0.3, -0.25) is 9.78 Å². The van der Waals surface area contributed by atoms with Crippen LogP contribution in [0.5, 0.6) is 0 Å². The summed E-state index contributed by atoms with van der Waals surface area (Å²) in [5, 5.41) is 2.94. The van der Waals surface area contributed by atoms with Gasteiger partial charge in [0, 0.05) is 12.7 Å². The minimum Gasteiger partial charge on any atom is -0.348 e. The second-order valence-corrected chi connectivity index (χ2v) is 5.69. The molecule has 0 aliphatic heterocycles. The van der Waals surface area contributed by atoms with Crippen molar-refractivity contribution >= 4 is 17.2 Å². The number of carbonyl (C=O) groups is 1. The number of benzene rings is 1. The number of pyridine rings is 1. The predicted octanol–water partition coefficient (Wildman–Crippen LogP) is 3.44. The van der Waals surface area contributed by atoms with Crippen LogP contribution in [0.2, 0.25) is 0 Å². The number of hydrogen-bond donors (Lipinski definition) is 1. The van der Waals surface area contributed by atoms with Crippen LogP contribution in [-0.4, -0.2) is 15.9 Å². The van der Waals surface area contributed by atoms with Crippen molar-refractivity contribution in [1.29, 1.82) is 0 Å². The number of nitrogens with zero attached hydrogens (tertiary/aromatic N) is 2. The van der Waals surface area contributed by atoms with Crippen molar-refractivity contribution in [3.05, 3.63) is 71.0 Å². The summed E-state index contributed by atoms with van der Waals surface area (Å²) in [7, 11) is 0. The summed E-state index contributed by atoms with van der Waals surface area (Å²) in [6, 6.07) is 13.4. The zero-order valence-corrected chi connectivity index (χ0v) is 12.9. The van der Waals surface area contributed by atoms with E-state index in [1.807, 2.05) is 37.3 Å². The highest BCUT2D eigenvalue weighted by atomic mass is 32.1. The van der Waals surface area contributed by atoms with Gasteiger partial charge in [0.05, 0.1) is 27.3 Å². The maximum atomic E-state index is 12.5. The molecule has 1 aromatic carbocycles. The first-order valence-electron chi connectivity index (χ1n) is 6.93. The second kappa shape index (κ2) is 6.49. The Labute approximate surface area is 132 Å². The lowest BCUT2D eigenvalue weighted by atomic mass is 10.1. The summed E-state index contributed by atoms with van der Waals surface area (Å²) in [5.41, 5.74) is 4.99. The Morgan fingerprint density at radius 1 is 1.14 bits per heavy atom. The predicted molar refractivity (Wildman–Crippen MR) is 87.7 cm³/mol. The number of nitrogens with one attached hydrogen (secondary N) is 1. The van der Waals surface area contributed by atoms with Crippen molar-refractivity contribution in [3.8, 4) is 10.6 Å². The Hall–Kier alpha value is -2.53. The molecule has 0 saturated heterocycles. The Balaban J connectivity index is 1.83. The topological polar surface area (TPSA) is 54.9 Å². The lowest BCUT2D eigenvalue weighted by molar-refractivity contribution is 0.0951. The van der Waals surface area contributed by atoms with Gasteiger partial charge in [-0.1, -0.05) is 30.3 Å². The van der Waals surface area contributed by atoms with Crippen LogP contribution in [0.15, 0.2) is 54.2 Å². The molecule has 0 radical (unpaired) electrons. The Kier molecular flexibility index (Phi) is 4.25. The van der Waals surface area contributed by atoms with Crippen molar-refractivity contribution in [1.82, 2.24) is 15.3 Å². The highest BCUT2D eigenvalue weighted by Gasteiger charge is 2.16. The molecule has 1 amide bonds. The van der Waals surface area contributed by atoms with Gasteiger partial charge in [0.1, 0.15) is 0 Å². The molecule has 0 aliphatic rings. The highest BCUT2D eigenvalue weighted by Crippen LogP contribution is 2.28. The number of aromatic nitrogens is 2. The highest BCUT2D eigenvalue weighted by molar-refractivity contribution is 7.13. The van der Waals surface area contributed by atoms with E-state index < -0.39 is 0 Å². The molecule has 22 heavy (non-hydrogen) atoms. The third kappa shape index (κ3) is 3.04. The van der Waals surface area contributed by atoms with E-state index in [0.717, 1.165) is 16.1 Å². The van der Waals surface area contributed by atoms with Crippen LogP contribution < -0.4 is 5.32 Å². The first kappa shape index (κ1) is 14.4. The van der Waals surface area contributed by atoms with Crippen molar-refractivity contribution < 1.29 is 4.79 Å². The van der Waals surface area contributed by atoms with Gasteiger partial charge >= 0.3 is 0 Å². The molecule has 0 saturated carbocycles. The van der Waals surface area contributed by atoms with E-state index >= 15 is 0 Å². The van der Waals surface area contributed by atoms with Crippen molar-refractivity contribution in [2.24, 2.45) is 0 Å². The van der Waals surface area contributed by atoms with Crippen molar-refractivity contribution in [2.75, 3.05) is 0 Å². The van der Waals surface area contributed by atoms with Crippen molar-refractivity contribution in [2.45, 2.75) is 13.5 Å². The molecule has 0 spiro atoms. The molecule has 0 fully saturated rings. The first-order chi connectivity index (χ1) is 10.8. The van der Waals surface area contributed by atoms with Gasteiger partial charge in [-0.25, -0.2) is 4.98 Å². The number of amides is 1. The molecule has 3 rings (SSSR count). The molecule has 4 nitrogen and oxygen atoms in total. The SMILES string of the molecule is Cc1ncsc1-c1ncccc1C(=O)NCc1ccccc1. The second-order valence-electron chi connectivity index (χ2n) is 4.83. The normalized spacial score (nSPS) is 10.4. The molecule has 0 aliphatic carbocycles. The quantitative estimate of drug-likeness (QED) is 0.803. The lowest BCUT2D eigenvalue weighted by Crippen LogP contribution is -2.23. The maximum Gasteiger partial charge on any atom is 0.253 e. The lowest BCUT2D eigenvalue weighted by Gasteiger charge is -2.09. The third-order valence-corrected chi connectivity index (χ3v) is 4.24. The number of hydrogen-bond acceptors (Lipinski definition) is 4. The fraction of sp³-hybridized carbons (Fsp3) is 0.118. The van der Waals surface area contributed by atoms with Gasteiger partial charge in [0.25, 0.3) is 5.91 Å². The van der Waals surface area contributed by atoms with Gasteiger partial charge in [0.15, 0.2) is 0 Å². The maximum absolute atomic E-state index is 12.5. The Bertz CT molecular complexity index is 783. The van der Waals surface area contributed by atoms with E-state index in [2.05, 4.69) is 15.3 Å². The third-order valence-electron chi connectivity index (χ3n) is 3.31. The Morgan fingerprint density at radius 2 is 1.95 bits per heavy atom. The van der Waals surface area contributed by atoms with Crippen LogP contribution in [0, 0.1) is 6.92 Å². The van der Waals surface area contributed by atoms with Crippen LogP contribution in [-0.2, 0) is 6.54 Å². The summed E-state index contributed by atoms with van der Waals surface area (Å²) >= 11 is 1.50. The summed E-state index contributed by atoms with van der Waals surface area (Å²) < 4.78 is 0. The summed E-state index contributed by atoms with van der Waals surface area (Å²) in [5.74, 6) is -0.125. The monoisotopic (exact) mass is 309 g/mol. The summed E-state index contributed by atoms with van der Waals surface area (Å²) in [4.78, 5) is 22.0. The summed E-state index contributed by atoms with van der Waals surface area (Å²) in [6.45, 7) is 2.42. The van der Waals surface area contributed by atoms with Gasteiger partial charge < -0.3 is 5.32 Å². The van der Waals surface area contributed by atoms with Crippen LogP contribution >= 0.6 is 11.3 Å². The van der Waals surface area contributed by atoms with Gasteiger partial charge in [-0.15, -0.1) is 11.3 Å². The Morgan fingerprint density at radius 3 is 2.68 bits per heavy atom. The molecule has 2 heterocycles. The largest absolute Gasteiger partial charge is 0.348 e. The standard InChI is InChI=1S/C17H15N3OS/c1-12-16(22-11-20-12)15-14(8-5-9-18-15)17(21)19-10-13-6-3-2-4-7-13/h2-9,11H,10H2,1H3,(H,19,21). The molecule has 3 aromatic rings. The van der Waals surface area contributed by atoms with E-state index in [0.29, 0.717) is 17.8 Å². The zero-order chi connectivity index (χ0) is 15.4. The molecule has 110 valence electrons. The number of rotatable bonds is 4. The van der Waals surface area contributed by atoms with Crippen LogP contribution in [0.3, 0.4) is 0 Å². The average Bonchev–Trinajstić information content (AvgIpc) is 2.99. The molecule has 0 unspecified atom stereocenters. The number of aryl methyl sites for hydroxylation is 1. The van der Waals surface area contributed by atoms with E-state index in [1.165, 1.54) is 11.3 Å². The molecule has 0 bridgehead atoms. The minimum absolute atomic E-state index is 0.125. The average molecular weight is 309 g/mol. The van der Waals surface area contributed by atoms with Gasteiger partial charge in [-0.2, -0.15) is 0 Å². The summed E-state index contributed by atoms with van der Waals surface area (Å²) in [6.07, 6.45) is 1.70. The van der Waals surface area contributed by atoms with E-state index in [-0.39, 0.29) is 5.91 Å². The van der Waals surface area contributed by atoms with Crippen molar-refractivity contribution in [3.63, 3.8) is 0 Å². The molecular formula is C17H15N3OS. The van der Waals surface area contributed by atoms with Gasteiger partial charge in [0.2, 0.25) is 0 Å². The first-order valence-corrected chi connectivity index (χ1v) is 7.81. The van der Waals surface area contributed by atoms with E-state index in [9.17, 15) is 4.79 Å². The van der Waals surface area contributed by atoms with Gasteiger partial charge in [-0.05, 0) is 24.6 Å². The van der Waals surface area contributed by atoms with Crippen LogP contribution in [0.1, 0.15) is 21.6 Å².